The zero-order valence-corrected chi connectivity index (χ0v) is 15.1. The number of hydrogen-bond donors (Lipinski definition) is 1. The Morgan fingerprint density at radius 2 is 1.40 bits per heavy atom. The number of nitrogens with zero attached hydrogens (tertiary/aromatic N) is 2. The summed E-state index contributed by atoms with van der Waals surface area (Å²) in [4.78, 5) is 27.3. The minimum atomic E-state index is -6.09. The largest absolute Gasteiger partial charge is 0.741 e. The predicted molar refractivity (Wildman–Crippen MR) is 83.2 cm³/mol. The van der Waals surface area contributed by atoms with Crippen molar-refractivity contribution in [3.8, 4) is 0 Å². The van der Waals surface area contributed by atoms with Gasteiger partial charge in [-0.25, -0.2) is 8.42 Å². The van der Waals surface area contributed by atoms with Crippen LogP contribution in [0.15, 0.2) is 25.3 Å². The van der Waals surface area contributed by atoms with Crippen molar-refractivity contribution in [2.45, 2.75) is 11.7 Å². The van der Waals surface area contributed by atoms with Crippen molar-refractivity contribution >= 4 is 21.9 Å². The van der Waals surface area contributed by atoms with Crippen LogP contribution in [0.2, 0.25) is 0 Å². The third kappa shape index (κ3) is 9.22. The van der Waals surface area contributed by atoms with Crippen LogP contribution in [0.4, 0.5) is 13.2 Å². The van der Waals surface area contributed by atoms with Crippen molar-refractivity contribution in [1.82, 2.24) is 9.80 Å². The van der Waals surface area contributed by atoms with E-state index in [1.54, 1.807) is 14.1 Å². The summed E-state index contributed by atoms with van der Waals surface area (Å²) in [7, 11) is 1.15. The fourth-order valence-electron chi connectivity index (χ4n) is 1.48. The maximum atomic E-state index is 11.6. The molecule has 0 aromatic carbocycles. The van der Waals surface area contributed by atoms with Gasteiger partial charge in [-0.2, -0.15) is 13.2 Å². The summed E-state index contributed by atoms with van der Waals surface area (Å²) in [5, 5.41) is 0. The first-order valence-electron chi connectivity index (χ1n) is 6.69. The Hall–Kier alpha value is -1.92. The quantitative estimate of drug-likeness (QED) is 0.266. The Kier molecular flexibility index (Phi) is 10.3. The molecule has 1 N–H and O–H groups in total. The fourth-order valence-corrected chi connectivity index (χ4v) is 1.48. The van der Waals surface area contributed by atoms with Crippen molar-refractivity contribution in [3.63, 3.8) is 0 Å². The Labute approximate surface area is 144 Å². The second-order valence-corrected chi connectivity index (χ2v) is 6.47. The van der Waals surface area contributed by atoms with Gasteiger partial charge in [0, 0.05) is 14.1 Å². The average molecular weight is 389 g/mol. The molecule has 8 nitrogen and oxygen atoms in total. The number of halogens is 3. The molecule has 0 spiro atoms. The van der Waals surface area contributed by atoms with E-state index in [1.165, 1.54) is 22.0 Å². The van der Waals surface area contributed by atoms with Crippen LogP contribution in [0.25, 0.3) is 0 Å². The van der Waals surface area contributed by atoms with Gasteiger partial charge in [-0.1, -0.05) is 13.2 Å². The van der Waals surface area contributed by atoms with E-state index >= 15 is 0 Å². The molecule has 0 unspecified atom stereocenters. The van der Waals surface area contributed by atoms with Gasteiger partial charge in [0.25, 0.3) is 0 Å². The van der Waals surface area contributed by atoms with Crippen LogP contribution >= 0.6 is 0 Å². The van der Waals surface area contributed by atoms with E-state index in [9.17, 15) is 22.8 Å². The topological polar surface area (TPSA) is 102 Å². The Morgan fingerprint density at radius 1 is 1.12 bits per heavy atom. The molecule has 0 saturated heterocycles. The SMILES string of the molecule is C=CC(=O)N(C)C(C[NH+](C)C)N(C)C(=O)C=C.O=S(=O)([O-])C(F)(F)F. The lowest BCUT2D eigenvalue weighted by Gasteiger charge is -2.34. The highest BCUT2D eigenvalue weighted by Crippen LogP contribution is 2.20. The molecule has 0 aliphatic rings. The molecular weight excluding hydrogens is 367 g/mol. The Morgan fingerprint density at radius 3 is 1.56 bits per heavy atom. The average Bonchev–Trinajstić information content (AvgIpc) is 2.48. The molecule has 0 saturated carbocycles. The van der Waals surface area contributed by atoms with Crippen LogP contribution in [0.3, 0.4) is 0 Å². The lowest BCUT2D eigenvalue weighted by Crippen LogP contribution is -3.07. The molecule has 0 heterocycles. The Balaban J connectivity index is 0. The van der Waals surface area contributed by atoms with Gasteiger partial charge >= 0.3 is 5.51 Å². The zero-order chi connectivity index (χ0) is 20.6. The molecule has 2 amide bonds. The van der Waals surface area contributed by atoms with Crippen LogP contribution < -0.4 is 4.90 Å². The zero-order valence-electron chi connectivity index (χ0n) is 14.3. The summed E-state index contributed by atoms with van der Waals surface area (Å²) in [5.74, 6) is -0.417. The minimum Gasteiger partial charge on any atom is -0.741 e. The van der Waals surface area contributed by atoms with Crippen LogP contribution in [-0.4, -0.2) is 81.0 Å². The highest BCUT2D eigenvalue weighted by Gasteiger charge is 2.36. The van der Waals surface area contributed by atoms with Crippen molar-refractivity contribution < 1.29 is 40.6 Å². The molecule has 0 fully saturated rings. The second kappa shape index (κ2) is 10.2. The lowest BCUT2D eigenvalue weighted by molar-refractivity contribution is -0.861. The summed E-state index contributed by atoms with van der Waals surface area (Å²) in [6, 6.07) is 0. The van der Waals surface area contributed by atoms with Crippen LogP contribution in [0.5, 0.6) is 0 Å². The van der Waals surface area contributed by atoms with E-state index in [0.717, 1.165) is 4.90 Å². The third-order valence-electron chi connectivity index (χ3n) is 2.81. The first-order chi connectivity index (χ1) is 11.1. The van der Waals surface area contributed by atoms with E-state index in [-0.39, 0.29) is 18.0 Å². The molecule has 0 aliphatic heterocycles. The lowest BCUT2D eigenvalue weighted by atomic mass is 10.3. The summed E-state index contributed by atoms with van der Waals surface area (Å²) in [5.41, 5.74) is -5.65. The third-order valence-corrected chi connectivity index (χ3v) is 3.38. The highest BCUT2D eigenvalue weighted by atomic mass is 32.2. The van der Waals surface area contributed by atoms with Crippen molar-refractivity contribution in [3.05, 3.63) is 25.3 Å². The highest BCUT2D eigenvalue weighted by molar-refractivity contribution is 7.86. The molecular formula is C13H22F3N3O5S. The number of carbonyl (C=O) groups is 2. The minimum absolute atomic E-state index is 0.208. The van der Waals surface area contributed by atoms with Crippen molar-refractivity contribution in [1.29, 1.82) is 0 Å². The first-order valence-corrected chi connectivity index (χ1v) is 8.10. The summed E-state index contributed by atoms with van der Waals surface area (Å²) < 4.78 is 58.9. The number of alkyl halides is 3. The molecule has 25 heavy (non-hydrogen) atoms. The van der Waals surface area contributed by atoms with Crippen LogP contribution in [0.1, 0.15) is 0 Å². The number of quaternary nitrogens is 1. The fraction of sp³-hybridized carbons (Fsp3) is 0.538. The van der Waals surface area contributed by atoms with Gasteiger partial charge in [-0.15, -0.1) is 0 Å². The van der Waals surface area contributed by atoms with Gasteiger partial charge in [-0.3, -0.25) is 9.59 Å². The van der Waals surface area contributed by atoms with Crippen LogP contribution in [-0.2, 0) is 19.7 Å². The molecule has 12 heteroatoms. The molecule has 0 aliphatic carbocycles. The van der Waals surface area contributed by atoms with Gasteiger partial charge in [0.2, 0.25) is 11.8 Å². The molecule has 0 aromatic rings. The van der Waals surface area contributed by atoms with Gasteiger partial charge in [0.15, 0.2) is 16.3 Å². The van der Waals surface area contributed by atoms with E-state index in [1.807, 2.05) is 14.1 Å². The van der Waals surface area contributed by atoms with Gasteiger partial charge < -0.3 is 19.3 Å². The van der Waals surface area contributed by atoms with Gasteiger partial charge in [-0.05, 0) is 12.2 Å². The van der Waals surface area contributed by atoms with E-state index < -0.39 is 15.6 Å². The number of carbonyl (C=O) groups excluding carboxylic acids is 2. The van der Waals surface area contributed by atoms with Crippen molar-refractivity contribution in [2.24, 2.45) is 0 Å². The van der Waals surface area contributed by atoms with Gasteiger partial charge in [0.05, 0.1) is 14.1 Å². The van der Waals surface area contributed by atoms with E-state index in [0.29, 0.717) is 6.54 Å². The molecule has 0 rings (SSSR count). The number of nitrogens with one attached hydrogen (secondary N) is 1. The molecule has 146 valence electrons. The standard InChI is InChI=1S/C12H21N3O2.CHF3O3S/c1-7-11(16)14(5)10(9-13(3)4)15(6)12(17)8-2;2-1(3,4)8(5,6)7/h7-8,10H,1-2,9H2,3-6H3;(H,5,6,7). The van der Waals surface area contributed by atoms with Crippen molar-refractivity contribution in [2.75, 3.05) is 34.7 Å². The summed E-state index contributed by atoms with van der Waals surface area (Å²) in [6.45, 7) is 7.52. The maximum Gasteiger partial charge on any atom is 0.485 e. The summed E-state index contributed by atoms with van der Waals surface area (Å²) in [6.07, 6.45) is 2.17. The first kappa shape index (κ1) is 25.3. The number of rotatable bonds is 6. The molecule has 0 atom stereocenters. The molecule has 0 radical (unpaired) electrons. The van der Waals surface area contributed by atoms with Crippen LogP contribution in [0, 0.1) is 0 Å². The maximum absolute atomic E-state index is 11.6. The molecule has 0 aromatic heterocycles. The smallest absolute Gasteiger partial charge is 0.485 e. The predicted octanol–water partition coefficient (Wildman–Crippen LogP) is -1.20. The number of likely N-dealkylation sites (N-methyl/N-ethyl adjacent to an activating group) is 3. The Bertz CT molecular complexity index is 564. The normalized spacial score (nSPS) is 11.4. The second-order valence-electron chi connectivity index (χ2n) is 5.10. The summed E-state index contributed by atoms with van der Waals surface area (Å²) >= 11 is 0. The monoisotopic (exact) mass is 389 g/mol. The van der Waals surface area contributed by atoms with E-state index in [2.05, 4.69) is 13.2 Å². The van der Waals surface area contributed by atoms with Gasteiger partial charge in [0.1, 0.15) is 6.54 Å². The number of hydrogen-bond acceptors (Lipinski definition) is 5. The number of amides is 2. The van der Waals surface area contributed by atoms with E-state index in [4.69, 9.17) is 13.0 Å². The molecule has 0 bridgehead atoms.